The summed E-state index contributed by atoms with van der Waals surface area (Å²) in [4.78, 5) is 21.4. The smallest absolute Gasteiger partial charge is 0.287 e. The molecule has 0 unspecified atom stereocenters. The van der Waals surface area contributed by atoms with Gasteiger partial charge in [0.1, 0.15) is 24.2 Å². The van der Waals surface area contributed by atoms with E-state index in [1.165, 1.54) is 0 Å². The topological polar surface area (TPSA) is 86.5 Å². The van der Waals surface area contributed by atoms with Gasteiger partial charge in [-0.1, -0.05) is 12.1 Å². The molecule has 0 aliphatic carbocycles. The Morgan fingerprint density at radius 2 is 2.00 bits per heavy atom. The largest absolute Gasteiger partial charge is 0.487 e. The van der Waals surface area contributed by atoms with E-state index in [-0.39, 0.29) is 17.8 Å². The lowest BCUT2D eigenvalue weighted by atomic mass is 10.1. The summed E-state index contributed by atoms with van der Waals surface area (Å²) < 4.78 is 16.6. The lowest BCUT2D eigenvalue weighted by molar-refractivity contribution is 0.0897. The number of furan rings is 1. The maximum Gasteiger partial charge on any atom is 0.287 e. The van der Waals surface area contributed by atoms with E-state index in [4.69, 9.17) is 13.9 Å². The van der Waals surface area contributed by atoms with Crippen molar-refractivity contribution in [1.82, 2.24) is 15.3 Å². The van der Waals surface area contributed by atoms with Gasteiger partial charge in [0.05, 0.1) is 12.1 Å². The number of aromatic nitrogens is 2. The van der Waals surface area contributed by atoms with Crippen LogP contribution in [0.2, 0.25) is 0 Å². The predicted molar refractivity (Wildman–Crippen MR) is 107 cm³/mol. The third-order valence-corrected chi connectivity index (χ3v) is 4.71. The van der Waals surface area contributed by atoms with E-state index in [9.17, 15) is 4.79 Å². The van der Waals surface area contributed by atoms with Crippen LogP contribution < -0.4 is 10.1 Å². The van der Waals surface area contributed by atoms with Gasteiger partial charge in [-0.15, -0.1) is 0 Å². The fourth-order valence-corrected chi connectivity index (χ4v) is 3.49. The van der Waals surface area contributed by atoms with Crippen LogP contribution in [0, 0.1) is 13.8 Å². The lowest BCUT2D eigenvalue weighted by Gasteiger charge is -2.13. The summed E-state index contributed by atoms with van der Waals surface area (Å²) in [5.41, 5.74) is 3.79. The molecule has 2 aromatic heterocycles. The molecule has 1 atom stereocenters. The van der Waals surface area contributed by atoms with Gasteiger partial charge >= 0.3 is 0 Å². The Morgan fingerprint density at radius 1 is 1.21 bits per heavy atom. The quantitative estimate of drug-likeness (QED) is 0.692. The Morgan fingerprint density at radius 3 is 2.76 bits per heavy atom. The van der Waals surface area contributed by atoms with Crippen molar-refractivity contribution in [3.8, 4) is 17.1 Å². The summed E-state index contributed by atoms with van der Waals surface area (Å²) >= 11 is 0. The number of aryl methyl sites for hydroxylation is 2. The van der Waals surface area contributed by atoms with Crippen LogP contribution in [-0.2, 0) is 17.8 Å². The number of hydrogen-bond donors (Lipinski definition) is 1. The summed E-state index contributed by atoms with van der Waals surface area (Å²) in [5.74, 6) is 2.05. The minimum atomic E-state index is -0.273. The summed E-state index contributed by atoms with van der Waals surface area (Å²) in [5, 5.41) is 2.88. The molecule has 1 aliphatic rings. The number of rotatable bonds is 6. The minimum Gasteiger partial charge on any atom is -0.487 e. The van der Waals surface area contributed by atoms with Gasteiger partial charge in [0.2, 0.25) is 0 Å². The number of carbonyl (C=O) groups is 1. The van der Waals surface area contributed by atoms with Crippen LogP contribution >= 0.6 is 0 Å². The molecule has 1 aromatic carbocycles. The SMILES string of the molecule is COCc1ccc(C(=O)NC[C@@H]2Cc3cccc(-c4nc(C)cc(C)n4)c3O2)o1. The highest BCUT2D eigenvalue weighted by atomic mass is 16.5. The van der Waals surface area contributed by atoms with Gasteiger partial charge in [0, 0.05) is 24.9 Å². The van der Waals surface area contributed by atoms with Crippen molar-refractivity contribution in [2.24, 2.45) is 0 Å². The Kier molecular flexibility index (Phi) is 5.31. The zero-order valence-electron chi connectivity index (χ0n) is 16.7. The van der Waals surface area contributed by atoms with Crippen molar-refractivity contribution in [2.75, 3.05) is 13.7 Å². The molecule has 0 fully saturated rings. The van der Waals surface area contributed by atoms with E-state index in [1.54, 1.807) is 19.2 Å². The molecule has 7 heteroatoms. The normalized spacial score (nSPS) is 15.1. The Labute approximate surface area is 169 Å². The number of amides is 1. The van der Waals surface area contributed by atoms with Crippen molar-refractivity contribution >= 4 is 5.91 Å². The molecule has 0 radical (unpaired) electrons. The molecule has 3 aromatic rings. The number of benzene rings is 1. The van der Waals surface area contributed by atoms with Gasteiger partial charge < -0.3 is 19.2 Å². The van der Waals surface area contributed by atoms with Gasteiger partial charge in [-0.2, -0.15) is 0 Å². The molecule has 0 saturated heterocycles. The maximum atomic E-state index is 12.3. The van der Waals surface area contributed by atoms with Crippen LogP contribution in [0.15, 0.2) is 40.8 Å². The molecular formula is C22H23N3O4. The Bertz CT molecular complexity index is 1020. The van der Waals surface area contributed by atoms with E-state index in [2.05, 4.69) is 15.3 Å². The van der Waals surface area contributed by atoms with E-state index in [1.807, 2.05) is 38.1 Å². The first kappa shape index (κ1) is 19.1. The van der Waals surface area contributed by atoms with Gasteiger partial charge in [-0.3, -0.25) is 4.79 Å². The molecule has 3 heterocycles. The van der Waals surface area contributed by atoms with Crippen molar-refractivity contribution in [1.29, 1.82) is 0 Å². The van der Waals surface area contributed by atoms with E-state index >= 15 is 0 Å². The summed E-state index contributed by atoms with van der Waals surface area (Å²) in [6.45, 7) is 4.61. The van der Waals surface area contributed by atoms with E-state index in [0.29, 0.717) is 31.2 Å². The van der Waals surface area contributed by atoms with Crippen molar-refractivity contribution in [3.05, 3.63) is 64.9 Å². The highest BCUT2D eigenvalue weighted by Crippen LogP contribution is 2.37. The number of nitrogens with one attached hydrogen (secondary N) is 1. The maximum absolute atomic E-state index is 12.3. The summed E-state index contributed by atoms with van der Waals surface area (Å²) in [6.07, 6.45) is 0.552. The molecule has 0 spiro atoms. The number of fused-ring (bicyclic) bond motifs is 1. The molecule has 150 valence electrons. The van der Waals surface area contributed by atoms with Crippen LogP contribution in [0.4, 0.5) is 0 Å². The standard InChI is InChI=1S/C22H23N3O4/c1-13-9-14(2)25-21(24-13)18-6-4-5-15-10-17(29-20(15)18)11-23-22(26)19-8-7-16(28-19)12-27-3/h4-9,17H,10-12H2,1-3H3,(H,23,26)/t17-/m0/s1. The number of carbonyl (C=O) groups excluding carboxylic acids is 1. The number of ether oxygens (including phenoxy) is 2. The fraction of sp³-hybridized carbons (Fsp3) is 0.318. The average molecular weight is 393 g/mol. The Balaban J connectivity index is 1.44. The second kappa shape index (κ2) is 8.05. The van der Waals surface area contributed by atoms with Crippen molar-refractivity contribution < 1.29 is 18.7 Å². The number of nitrogens with zero attached hydrogens (tertiary/aromatic N) is 2. The number of methoxy groups -OCH3 is 1. The minimum absolute atomic E-state index is 0.158. The highest BCUT2D eigenvalue weighted by Gasteiger charge is 2.27. The summed E-state index contributed by atoms with van der Waals surface area (Å²) in [6, 6.07) is 11.3. The molecule has 7 nitrogen and oxygen atoms in total. The molecule has 0 bridgehead atoms. The third kappa shape index (κ3) is 4.14. The van der Waals surface area contributed by atoms with Crippen LogP contribution in [-0.4, -0.2) is 35.6 Å². The Hall–Kier alpha value is -3.19. The van der Waals surface area contributed by atoms with E-state index in [0.717, 1.165) is 28.3 Å². The molecule has 0 saturated carbocycles. The molecule has 1 amide bonds. The molecule has 4 rings (SSSR count). The second-order valence-electron chi connectivity index (χ2n) is 7.12. The lowest BCUT2D eigenvalue weighted by Crippen LogP contribution is -2.34. The van der Waals surface area contributed by atoms with Crippen LogP contribution in [0.1, 0.15) is 33.3 Å². The van der Waals surface area contributed by atoms with Crippen molar-refractivity contribution in [2.45, 2.75) is 33.0 Å². The average Bonchev–Trinajstić information content (AvgIpc) is 3.32. The second-order valence-corrected chi connectivity index (χ2v) is 7.12. The first-order chi connectivity index (χ1) is 14.0. The number of para-hydroxylation sites is 1. The zero-order valence-corrected chi connectivity index (χ0v) is 16.7. The van der Waals surface area contributed by atoms with Crippen molar-refractivity contribution in [3.63, 3.8) is 0 Å². The van der Waals surface area contributed by atoms with Gasteiger partial charge in [-0.25, -0.2) is 9.97 Å². The highest BCUT2D eigenvalue weighted by molar-refractivity contribution is 5.91. The number of hydrogen-bond acceptors (Lipinski definition) is 6. The third-order valence-electron chi connectivity index (χ3n) is 4.71. The molecular weight excluding hydrogens is 370 g/mol. The van der Waals surface area contributed by atoms with Crippen LogP contribution in [0.5, 0.6) is 5.75 Å². The fourth-order valence-electron chi connectivity index (χ4n) is 3.49. The first-order valence-electron chi connectivity index (χ1n) is 9.50. The van der Waals surface area contributed by atoms with Crippen LogP contribution in [0.25, 0.3) is 11.4 Å². The molecule has 1 aliphatic heterocycles. The predicted octanol–water partition coefficient (Wildman–Crippen LogP) is 3.23. The van der Waals surface area contributed by atoms with Gasteiger partial charge in [0.25, 0.3) is 5.91 Å². The molecule has 29 heavy (non-hydrogen) atoms. The summed E-state index contributed by atoms with van der Waals surface area (Å²) in [7, 11) is 1.58. The van der Waals surface area contributed by atoms with Crippen LogP contribution in [0.3, 0.4) is 0 Å². The van der Waals surface area contributed by atoms with E-state index < -0.39 is 0 Å². The molecule has 1 N–H and O–H groups in total. The first-order valence-corrected chi connectivity index (χ1v) is 9.50. The zero-order chi connectivity index (χ0) is 20.4. The van der Waals surface area contributed by atoms with Gasteiger partial charge in [-0.05, 0) is 43.7 Å². The van der Waals surface area contributed by atoms with Gasteiger partial charge in [0.15, 0.2) is 11.6 Å². The monoisotopic (exact) mass is 393 g/mol.